The molecule has 0 aliphatic heterocycles. The number of nitrogens with zero attached hydrogens (tertiary/aromatic N) is 3. The van der Waals surface area contributed by atoms with Gasteiger partial charge in [0.05, 0.1) is 20.8 Å². The van der Waals surface area contributed by atoms with E-state index in [1.165, 1.54) is 11.0 Å². The van der Waals surface area contributed by atoms with Crippen molar-refractivity contribution < 1.29 is 23.0 Å². The first-order chi connectivity index (χ1) is 15.0. The van der Waals surface area contributed by atoms with Crippen LogP contribution in [0, 0.1) is 0 Å². The van der Waals surface area contributed by atoms with Crippen LogP contribution in [0.4, 0.5) is 13.9 Å². The standard InChI is InChI=1S/C21H19F2N3O3S2/c1-28-16-10-15(11-17(12-16)29-2)8-9-18(27)26(13-14-6-4-3-5-7-14)20-24-25-21(31-20)30-19(22)23/h3-12,19H,13H2,1-2H3. The van der Waals surface area contributed by atoms with Gasteiger partial charge in [-0.25, -0.2) is 0 Å². The van der Waals surface area contributed by atoms with Crippen LogP contribution in [0.1, 0.15) is 11.1 Å². The predicted molar refractivity (Wildman–Crippen MR) is 118 cm³/mol. The van der Waals surface area contributed by atoms with Gasteiger partial charge in [0.2, 0.25) is 5.13 Å². The van der Waals surface area contributed by atoms with E-state index in [4.69, 9.17) is 9.47 Å². The van der Waals surface area contributed by atoms with Gasteiger partial charge >= 0.3 is 0 Å². The minimum atomic E-state index is -2.61. The molecule has 3 aromatic rings. The number of hydrogen-bond donors (Lipinski definition) is 0. The lowest BCUT2D eigenvalue weighted by Crippen LogP contribution is -2.28. The number of amides is 1. The SMILES string of the molecule is COc1cc(C=CC(=O)N(Cc2ccccc2)c2nnc(SC(F)F)s2)cc(OC)c1. The molecular weight excluding hydrogens is 444 g/mol. The van der Waals surface area contributed by atoms with Crippen LogP contribution in [0.15, 0.2) is 58.9 Å². The zero-order valence-corrected chi connectivity index (χ0v) is 18.3. The highest BCUT2D eigenvalue weighted by Gasteiger charge is 2.20. The number of rotatable bonds is 9. The third kappa shape index (κ3) is 6.50. The van der Waals surface area contributed by atoms with Crippen molar-refractivity contribution in [2.24, 2.45) is 0 Å². The number of methoxy groups -OCH3 is 2. The summed E-state index contributed by atoms with van der Waals surface area (Å²) < 4.78 is 35.9. The lowest BCUT2D eigenvalue weighted by molar-refractivity contribution is -0.114. The Labute approximate surface area is 186 Å². The molecule has 1 amide bonds. The number of carbonyl (C=O) groups is 1. The van der Waals surface area contributed by atoms with E-state index >= 15 is 0 Å². The minimum Gasteiger partial charge on any atom is -0.497 e. The zero-order chi connectivity index (χ0) is 22.2. The fourth-order valence-electron chi connectivity index (χ4n) is 2.62. The molecule has 0 atom stereocenters. The van der Waals surface area contributed by atoms with Crippen LogP contribution in [0.3, 0.4) is 0 Å². The first-order valence-electron chi connectivity index (χ1n) is 9.03. The van der Waals surface area contributed by atoms with Crippen LogP contribution >= 0.6 is 23.1 Å². The molecule has 162 valence electrons. The molecule has 1 aromatic heterocycles. The van der Waals surface area contributed by atoms with E-state index in [-0.39, 0.29) is 21.9 Å². The first-order valence-corrected chi connectivity index (χ1v) is 10.7. The molecule has 0 bridgehead atoms. The Hall–Kier alpha value is -2.98. The third-order valence-electron chi connectivity index (χ3n) is 4.06. The number of anilines is 1. The molecule has 0 saturated heterocycles. The lowest BCUT2D eigenvalue weighted by Gasteiger charge is -2.17. The third-order valence-corrected chi connectivity index (χ3v) is 5.80. The number of ether oxygens (including phenoxy) is 2. The molecule has 0 aliphatic carbocycles. The van der Waals surface area contributed by atoms with Crippen molar-refractivity contribution >= 4 is 40.2 Å². The Bertz CT molecular complexity index is 1020. The second-order valence-corrected chi connectivity index (χ2v) is 8.31. The van der Waals surface area contributed by atoms with Crippen molar-refractivity contribution in [2.75, 3.05) is 19.1 Å². The van der Waals surface area contributed by atoms with Gasteiger partial charge in [-0.3, -0.25) is 9.69 Å². The molecule has 10 heteroatoms. The Morgan fingerprint density at radius 2 is 1.81 bits per heavy atom. The molecule has 3 rings (SSSR count). The summed E-state index contributed by atoms with van der Waals surface area (Å²) >= 11 is 1.24. The molecule has 0 spiro atoms. The zero-order valence-electron chi connectivity index (χ0n) is 16.7. The highest BCUT2D eigenvalue weighted by Crippen LogP contribution is 2.32. The van der Waals surface area contributed by atoms with Gasteiger partial charge in [0, 0.05) is 12.1 Å². The summed E-state index contributed by atoms with van der Waals surface area (Å²) in [6.07, 6.45) is 3.01. The number of hydrogen-bond acceptors (Lipinski definition) is 7. The average Bonchev–Trinajstić information content (AvgIpc) is 3.23. The summed E-state index contributed by atoms with van der Waals surface area (Å²) in [5, 5.41) is 7.95. The van der Waals surface area contributed by atoms with Crippen molar-refractivity contribution in [3.05, 3.63) is 65.7 Å². The topological polar surface area (TPSA) is 64.5 Å². The van der Waals surface area contributed by atoms with E-state index in [0.717, 1.165) is 16.9 Å². The monoisotopic (exact) mass is 463 g/mol. The van der Waals surface area contributed by atoms with Gasteiger partial charge < -0.3 is 9.47 Å². The number of thioether (sulfide) groups is 1. The second kappa shape index (κ2) is 10.9. The van der Waals surface area contributed by atoms with E-state index in [2.05, 4.69) is 10.2 Å². The number of aromatic nitrogens is 2. The maximum Gasteiger partial charge on any atom is 0.291 e. The number of carbonyl (C=O) groups excluding carboxylic acids is 1. The average molecular weight is 464 g/mol. The lowest BCUT2D eigenvalue weighted by atomic mass is 10.1. The fraction of sp³-hybridized carbons (Fsp3) is 0.190. The van der Waals surface area contributed by atoms with Crippen LogP contribution in [0.2, 0.25) is 0 Å². The van der Waals surface area contributed by atoms with Gasteiger partial charge in [0.15, 0.2) is 4.34 Å². The largest absolute Gasteiger partial charge is 0.497 e. The molecule has 2 aromatic carbocycles. The molecule has 0 radical (unpaired) electrons. The summed E-state index contributed by atoms with van der Waals surface area (Å²) in [6.45, 7) is 0.222. The van der Waals surface area contributed by atoms with Crippen LogP contribution in [0.5, 0.6) is 11.5 Å². The molecule has 6 nitrogen and oxygen atoms in total. The highest BCUT2D eigenvalue weighted by molar-refractivity contribution is 8.01. The van der Waals surface area contributed by atoms with Gasteiger partial charge in [0.25, 0.3) is 11.7 Å². The van der Waals surface area contributed by atoms with E-state index in [0.29, 0.717) is 28.8 Å². The maximum atomic E-state index is 13.0. The fourth-order valence-corrected chi connectivity index (χ4v) is 4.08. The van der Waals surface area contributed by atoms with Crippen LogP contribution < -0.4 is 14.4 Å². The minimum absolute atomic E-state index is 0.0948. The van der Waals surface area contributed by atoms with Crippen molar-refractivity contribution in [2.45, 2.75) is 16.6 Å². The predicted octanol–water partition coefficient (Wildman–Crippen LogP) is 5.12. The molecule has 1 heterocycles. The molecule has 31 heavy (non-hydrogen) atoms. The van der Waals surface area contributed by atoms with Crippen molar-refractivity contribution in [1.29, 1.82) is 0 Å². The summed E-state index contributed by atoms with van der Waals surface area (Å²) in [5.41, 5.74) is 1.57. The summed E-state index contributed by atoms with van der Waals surface area (Å²) in [6, 6.07) is 14.6. The number of benzene rings is 2. The summed E-state index contributed by atoms with van der Waals surface area (Å²) in [5.74, 6) is -1.80. The summed E-state index contributed by atoms with van der Waals surface area (Å²) in [4.78, 5) is 14.4. The van der Waals surface area contributed by atoms with Gasteiger partial charge in [0.1, 0.15) is 11.5 Å². The van der Waals surface area contributed by atoms with Crippen LogP contribution in [-0.2, 0) is 11.3 Å². The van der Waals surface area contributed by atoms with Crippen molar-refractivity contribution in [1.82, 2.24) is 10.2 Å². The number of alkyl halides is 2. The van der Waals surface area contributed by atoms with Gasteiger partial charge in [-0.1, -0.05) is 41.7 Å². The summed E-state index contributed by atoms with van der Waals surface area (Å²) in [7, 11) is 3.08. The highest BCUT2D eigenvalue weighted by atomic mass is 32.2. The van der Waals surface area contributed by atoms with Gasteiger partial charge in [-0.2, -0.15) is 8.78 Å². The maximum absolute atomic E-state index is 13.0. The molecule has 0 unspecified atom stereocenters. The Kier molecular flexibility index (Phi) is 7.96. The smallest absolute Gasteiger partial charge is 0.291 e. The quantitative estimate of drug-likeness (QED) is 0.249. The Balaban J connectivity index is 1.87. The van der Waals surface area contributed by atoms with Gasteiger partial charge in [-0.15, -0.1) is 10.2 Å². The van der Waals surface area contributed by atoms with Crippen LogP contribution in [0.25, 0.3) is 6.08 Å². The van der Waals surface area contributed by atoms with E-state index in [9.17, 15) is 13.6 Å². The van der Waals surface area contributed by atoms with E-state index in [1.807, 2.05) is 30.3 Å². The molecule has 0 saturated carbocycles. The first kappa shape index (κ1) is 22.7. The Morgan fingerprint density at radius 3 is 2.42 bits per heavy atom. The molecule has 0 aliphatic rings. The van der Waals surface area contributed by atoms with Crippen molar-refractivity contribution in [3.63, 3.8) is 0 Å². The normalized spacial score (nSPS) is 11.1. The molecular formula is C21H19F2N3O3S2. The van der Waals surface area contributed by atoms with Crippen LogP contribution in [-0.4, -0.2) is 36.1 Å². The second-order valence-electron chi connectivity index (χ2n) is 6.12. The Morgan fingerprint density at radius 1 is 1.13 bits per heavy atom. The van der Waals surface area contributed by atoms with E-state index < -0.39 is 5.76 Å². The van der Waals surface area contributed by atoms with Gasteiger partial charge in [-0.05, 0) is 41.1 Å². The number of halogens is 2. The molecule has 0 N–H and O–H groups in total. The van der Waals surface area contributed by atoms with E-state index in [1.54, 1.807) is 38.5 Å². The van der Waals surface area contributed by atoms with Crippen molar-refractivity contribution in [3.8, 4) is 11.5 Å². The molecule has 0 fully saturated rings.